The number of hydrogen-bond acceptors (Lipinski definition) is 8. The lowest BCUT2D eigenvalue weighted by molar-refractivity contribution is -0.134. The zero-order chi connectivity index (χ0) is 25.0. The molecular weight excluding hydrogens is 506 g/mol. The van der Waals surface area contributed by atoms with Crippen LogP contribution in [0, 0.1) is 11.8 Å². The summed E-state index contributed by atoms with van der Waals surface area (Å²) in [5.41, 5.74) is 0.744. The molecule has 0 spiro atoms. The van der Waals surface area contributed by atoms with Crippen molar-refractivity contribution >= 4 is 61.6 Å². The number of ether oxygens (including phenoxy) is 1. The Bertz CT molecular complexity index is 1660. The lowest BCUT2D eigenvalue weighted by Crippen LogP contribution is -2.49. The zero-order valence-corrected chi connectivity index (χ0v) is 20.6. The maximum atomic E-state index is 13.8. The minimum Gasteiger partial charge on any atom is -0.390 e. The molecule has 3 aliphatic heterocycles. The van der Waals surface area contributed by atoms with Crippen LogP contribution in [-0.4, -0.2) is 44.0 Å². The van der Waals surface area contributed by atoms with Crippen LogP contribution in [0.1, 0.15) is 19.8 Å². The molecule has 11 heteroatoms. The molecule has 3 fully saturated rings. The third-order valence-corrected chi connectivity index (χ3v) is 9.06. The van der Waals surface area contributed by atoms with Crippen molar-refractivity contribution < 1.29 is 24.0 Å². The molecule has 2 aromatic carbocycles. The number of anilines is 1. The maximum Gasteiger partial charge on any atom is 0.290 e. The fraction of sp³-hybridized carbons (Fsp3) is 0.360. The van der Waals surface area contributed by atoms with Crippen molar-refractivity contribution in [3.8, 4) is 0 Å². The monoisotopic (exact) mass is 525 g/mol. The highest BCUT2D eigenvalue weighted by Crippen LogP contribution is 2.62. The van der Waals surface area contributed by atoms with Crippen LogP contribution in [0.25, 0.3) is 21.2 Å². The number of aliphatic hydroxyl groups excluding tert-OH is 1. The normalized spacial score (nSPS) is 31.3. The molecule has 5 atom stereocenters. The number of hydrogen-bond donors (Lipinski definition) is 1. The Balaban J connectivity index is 1.25. The Labute approximate surface area is 212 Å². The standard InChI is InChI=1S/C25H20ClN3O6S/c1-24-18(30)10-25(35-24,6-7-28-21(31)14-8-12(26)2-5-16(14)34-28)20-19(24)22(32)29(23(20)33)13-3-4-15-17(9-13)36-11-27-15/h2-5,8-9,11,18-20,30H,6-7,10H2,1H3. The molecule has 36 heavy (non-hydrogen) atoms. The van der Waals surface area contributed by atoms with Gasteiger partial charge in [-0.05, 0) is 49.7 Å². The zero-order valence-electron chi connectivity index (χ0n) is 19.0. The molecule has 2 amide bonds. The molecule has 2 bridgehead atoms. The average molecular weight is 526 g/mol. The van der Waals surface area contributed by atoms with Crippen molar-refractivity contribution in [2.24, 2.45) is 11.8 Å². The molecule has 9 nitrogen and oxygen atoms in total. The number of halogens is 1. The number of aromatic nitrogens is 2. The molecule has 1 N–H and O–H groups in total. The molecule has 184 valence electrons. The fourth-order valence-corrected chi connectivity index (χ4v) is 7.23. The molecule has 0 saturated carbocycles. The predicted molar refractivity (Wildman–Crippen MR) is 132 cm³/mol. The van der Waals surface area contributed by atoms with E-state index < -0.39 is 29.1 Å². The molecule has 3 saturated heterocycles. The second kappa shape index (κ2) is 7.25. The highest BCUT2D eigenvalue weighted by atomic mass is 35.5. The Morgan fingerprint density at radius 1 is 1.17 bits per heavy atom. The van der Waals surface area contributed by atoms with Crippen LogP contribution < -0.4 is 10.5 Å². The molecule has 5 heterocycles. The van der Waals surface area contributed by atoms with E-state index in [4.69, 9.17) is 20.9 Å². The molecule has 2 aromatic heterocycles. The summed E-state index contributed by atoms with van der Waals surface area (Å²) < 4.78 is 14.2. The third-order valence-electron chi connectivity index (χ3n) is 8.03. The van der Waals surface area contributed by atoms with E-state index in [0.717, 1.165) is 10.2 Å². The van der Waals surface area contributed by atoms with Crippen molar-refractivity contribution in [2.45, 2.75) is 43.6 Å². The first kappa shape index (κ1) is 22.2. The van der Waals surface area contributed by atoms with Gasteiger partial charge in [-0.3, -0.25) is 14.4 Å². The minimum atomic E-state index is -1.20. The van der Waals surface area contributed by atoms with Gasteiger partial charge in [0.05, 0.1) is 56.9 Å². The number of aryl methyl sites for hydroxylation is 1. The summed E-state index contributed by atoms with van der Waals surface area (Å²) in [6, 6.07) is 10.1. The average Bonchev–Trinajstić information content (AvgIpc) is 3.60. The van der Waals surface area contributed by atoms with Crippen molar-refractivity contribution in [2.75, 3.05) is 4.90 Å². The van der Waals surface area contributed by atoms with Crippen molar-refractivity contribution in [1.82, 2.24) is 9.72 Å². The first-order valence-corrected chi connectivity index (χ1v) is 12.9. The first-order valence-electron chi connectivity index (χ1n) is 11.6. The van der Waals surface area contributed by atoms with Crippen LogP contribution in [0.5, 0.6) is 0 Å². The molecule has 3 aliphatic rings. The smallest absolute Gasteiger partial charge is 0.290 e. The first-order chi connectivity index (χ1) is 17.2. The molecule has 7 rings (SSSR count). The van der Waals surface area contributed by atoms with Crippen LogP contribution >= 0.6 is 22.9 Å². The largest absolute Gasteiger partial charge is 0.390 e. The van der Waals surface area contributed by atoms with E-state index in [0.29, 0.717) is 21.7 Å². The fourth-order valence-electron chi connectivity index (χ4n) is 6.34. The second-order valence-corrected chi connectivity index (χ2v) is 11.3. The van der Waals surface area contributed by atoms with E-state index >= 15 is 0 Å². The number of rotatable bonds is 4. The number of carbonyl (C=O) groups is 2. The van der Waals surface area contributed by atoms with Crippen LogP contribution in [0.2, 0.25) is 5.02 Å². The van der Waals surface area contributed by atoms with E-state index in [9.17, 15) is 19.5 Å². The number of aliphatic hydroxyl groups is 1. The number of fused-ring (bicyclic) bond motifs is 7. The Morgan fingerprint density at radius 3 is 2.81 bits per heavy atom. The predicted octanol–water partition coefficient (Wildman–Crippen LogP) is 3.35. The van der Waals surface area contributed by atoms with E-state index in [2.05, 4.69) is 4.98 Å². The minimum absolute atomic E-state index is 0.117. The van der Waals surface area contributed by atoms with Crippen molar-refractivity contribution in [3.63, 3.8) is 0 Å². The van der Waals surface area contributed by atoms with Gasteiger partial charge in [0.2, 0.25) is 11.8 Å². The molecular formula is C25H20ClN3O6S. The lowest BCUT2D eigenvalue weighted by atomic mass is 9.66. The van der Waals surface area contributed by atoms with Gasteiger partial charge in [-0.25, -0.2) is 9.88 Å². The van der Waals surface area contributed by atoms with Gasteiger partial charge in [0.15, 0.2) is 5.58 Å². The Kier molecular flexibility index (Phi) is 4.47. The summed E-state index contributed by atoms with van der Waals surface area (Å²) in [5.74, 6) is -2.33. The third kappa shape index (κ3) is 2.78. The van der Waals surface area contributed by atoms with Crippen LogP contribution in [0.15, 0.2) is 51.2 Å². The van der Waals surface area contributed by atoms with Gasteiger partial charge in [-0.1, -0.05) is 11.6 Å². The summed E-state index contributed by atoms with van der Waals surface area (Å²) >= 11 is 7.46. The lowest BCUT2D eigenvalue weighted by Gasteiger charge is -2.33. The van der Waals surface area contributed by atoms with Crippen molar-refractivity contribution in [1.29, 1.82) is 0 Å². The van der Waals surface area contributed by atoms with E-state index in [1.54, 1.807) is 48.8 Å². The van der Waals surface area contributed by atoms with Crippen LogP contribution in [0.4, 0.5) is 5.69 Å². The van der Waals surface area contributed by atoms with E-state index in [-0.39, 0.29) is 36.8 Å². The summed E-state index contributed by atoms with van der Waals surface area (Å²) in [7, 11) is 0. The number of amides is 2. The summed E-state index contributed by atoms with van der Waals surface area (Å²) in [6.07, 6.45) is -0.521. The van der Waals surface area contributed by atoms with Gasteiger partial charge in [0.1, 0.15) is 5.60 Å². The number of carbonyl (C=O) groups excluding carboxylic acids is 2. The Morgan fingerprint density at radius 2 is 1.97 bits per heavy atom. The molecule has 0 aliphatic carbocycles. The highest BCUT2D eigenvalue weighted by molar-refractivity contribution is 7.16. The quantitative estimate of drug-likeness (QED) is 0.406. The number of benzene rings is 2. The molecule has 5 unspecified atom stereocenters. The topological polar surface area (TPSA) is 115 Å². The Hall–Kier alpha value is -3.05. The number of thiazole rings is 1. The SMILES string of the molecule is CC12OC(CCn3oc4ccc(Cl)cc4c3=O)(CC1O)C1C(=O)N(c3ccc4ncsc4c3)C(=O)C12. The van der Waals surface area contributed by atoms with Crippen LogP contribution in [0.3, 0.4) is 0 Å². The van der Waals surface area contributed by atoms with E-state index in [1.807, 2.05) is 0 Å². The highest BCUT2D eigenvalue weighted by Gasteiger charge is 2.76. The summed E-state index contributed by atoms with van der Waals surface area (Å²) in [6.45, 7) is 1.81. The second-order valence-electron chi connectivity index (χ2n) is 9.93. The molecule has 4 aromatic rings. The van der Waals surface area contributed by atoms with Gasteiger partial charge >= 0.3 is 0 Å². The van der Waals surface area contributed by atoms with Gasteiger partial charge in [-0.2, -0.15) is 4.74 Å². The number of imide groups is 1. The van der Waals surface area contributed by atoms with Crippen molar-refractivity contribution in [3.05, 3.63) is 57.3 Å². The maximum absolute atomic E-state index is 13.8. The van der Waals surface area contributed by atoms with Gasteiger partial charge < -0.3 is 14.4 Å². The summed E-state index contributed by atoms with van der Waals surface area (Å²) in [4.78, 5) is 45.8. The molecule has 0 radical (unpaired) electrons. The van der Waals surface area contributed by atoms with Crippen LogP contribution in [-0.2, 0) is 20.9 Å². The van der Waals surface area contributed by atoms with Gasteiger partial charge in [0, 0.05) is 11.4 Å². The van der Waals surface area contributed by atoms with E-state index in [1.165, 1.54) is 21.0 Å². The number of nitrogens with zero attached hydrogens (tertiary/aromatic N) is 3. The van der Waals surface area contributed by atoms with Gasteiger partial charge in [-0.15, -0.1) is 11.3 Å². The van der Waals surface area contributed by atoms with Gasteiger partial charge in [0.25, 0.3) is 5.56 Å². The summed E-state index contributed by atoms with van der Waals surface area (Å²) in [5, 5.41) is 11.7.